The molecule has 4 heteroatoms. The predicted molar refractivity (Wildman–Crippen MR) is 101 cm³/mol. The summed E-state index contributed by atoms with van der Waals surface area (Å²) >= 11 is 6.02. The second kappa shape index (κ2) is 8.39. The van der Waals surface area contributed by atoms with Crippen LogP contribution in [0.3, 0.4) is 0 Å². The molecule has 1 aliphatic carbocycles. The molecule has 0 bridgehead atoms. The van der Waals surface area contributed by atoms with Gasteiger partial charge >= 0.3 is 0 Å². The van der Waals surface area contributed by atoms with Crippen LogP contribution in [0.2, 0.25) is 5.02 Å². The molecule has 0 spiro atoms. The number of para-hydroxylation sites is 1. The van der Waals surface area contributed by atoms with Crippen molar-refractivity contribution in [2.24, 2.45) is 0 Å². The lowest BCUT2D eigenvalue weighted by Crippen LogP contribution is -2.46. The van der Waals surface area contributed by atoms with Gasteiger partial charge in [-0.1, -0.05) is 61.2 Å². The van der Waals surface area contributed by atoms with E-state index in [1.54, 1.807) is 0 Å². The van der Waals surface area contributed by atoms with E-state index < -0.39 is 5.41 Å². The minimum absolute atomic E-state index is 0.103. The van der Waals surface area contributed by atoms with Gasteiger partial charge in [0.1, 0.15) is 12.4 Å². The lowest BCUT2D eigenvalue weighted by Gasteiger charge is -2.36. The fourth-order valence-corrected chi connectivity index (χ4v) is 3.72. The Morgan fingerprint density at radius 2 is 1.68 bits per heavy atom. The predicted octanol–water partition coefficient (Wildman–Crippen LogP) is 4.74. The van der Waals surface area contributed by atoms with Crippen molar-refractivity contribution in [3.63, 3.8) is 0 Å². The first-order chi connectivity index (χ1) is 12.2. The Hall–Kier alpha value is -2.00. The number of carbonyl (C=O) groups is 1. The molecule has 3 nitrogen and oxygen atoms in total. The minimum Gasteiger partial charge on any atom is -0.492 e. The SMILES string of the molecule is O=C(NCCOc1ccccc1)C1(c2ccc(Cl)cc2)CCCCC1. The van der Waals surface area contributed by atoms with Crippen LogP contribution in [0.5, 0.6) is 5.75 Å². The first-order valence-electron chi connectivity index (χ1n) is 8.93. The van der Waals surface area contributed by atoms with Crippen LogP contribution in [0.1, 0.15) is 37.7 Å². The zero-order chi connectivity index (χ0) is 17.5. The maximum Gasteiger partial charge on any atom is 0.230 e. The molecule has 0 aliphatic heterocycles. The van der Waals surface area contributed by atoms with E-state index in [-0.39, 0.29) is 5.91 Å². The van der Waals surface area contributed by atoms with Crippen molar-refractivity contribution in [1.82, 2.24) is 5.32 Å². The molecule has 25 heavy (non-hydrogen) atoms. The highest BCUT2D eigenvalue weighted by atomic mass is 35.5. The van der Waals surface area contributed by atoms with E-state index in [2.05, 4.69) is 5.32 Å². The van der Waals surface area contributed by atoms with E-state index in [0.717, 1.165) is 37.0 Å². The molecular weight excluding hydrogens is 334 g/mol. The molecule has 0 unspecified atom stereocenters. The van der Waals surface area contributed by atoms with E-state index in [1.165, 1.54) is 6.42 Å². The zero-order valence-electron chi connectivity index (χ0n) is 14.3. The van der Waals surface area contributed by atoms with Crippen LogP contribution in [-0.2, 0) is 10.2 Å². The fraction of sp³-hybridized carbons (Fsp3) is 0.381. The lowest BCUT2D eigenvalue weighted by atomic mass is 9.68. The summed E-state index contributed by atoms with van der Waals surface area (Å²) in [4.78, 5) is 13.0. The number of nitrogens with one attached hydrogen (secondary N) is 1. The van der Waals surface area contributed by atoms with Crippen molar-refractivity contribution in [3.8, 4) is 5.75 Å². The van der Waals surface area contributed by atoms with Gasteiger partial charge in [0.05, 0.1) is 12.0 Å². The molecule has 0 aromatic heterocycles. The van der Waals surface area contributed by atoms with Gasteiger partial charge < -0.3 is 10.1 Å². The van der Waals surface area contributed by atoms with Gasteiger partial charge in [-0.05, 0) is 42.7 Å². The number of hydrogen-bond donors (Lipinski definition) is 1. The van der Waals surface area contributed by atoms with Crippen LogP contribution in [0.4, 0.5) is 0 Å². The van der Waals surface area contributed by atoms with Crippen molar-refractivity contribution >= 4 is 17.5 Å². The number of amides is 1. The summed E-state index contributed by atoms with van der Waals surface area (Å²) in [5.74, 6) is 0.924. The highest BCUT2D eigenvalue weighted by molar-refractivity contribution is 6.30. The molecule has 1 amide bonds. The van der Waals surface area contributed by atoms with Gasteiger partial charge in [-0.25, -0.2) is 0 Å². The van der Waals surface area contributed by atoms with Crippen LogP contribution in [-0.4, -0.2) is 19.1 Å². The maximum absolute atomic E-state index is 13.0. The molecule has 2 aromatic carbocycles. The molecule has 132 valence electrons. The second-order valence-corrected chi connectivity index (χ2v) is 7.00. The van der Waals surface area contributed by atoms with Crippen molar-refractivity contribution in [1.29, 1.82) is 0 Å². The molecule has 1 N–H and O–H groups in total. The number of carbonyl (C=O) groups excluding carboxylic acids is 1. The Balaban J connectivity index is 1.62. The molecule has 0 heterocycles. The van der Waals surface area contributed by atoms with Gasteiger partial charge in [0.25, 0.3) is 0 Å². The topological polar surface area (TPSA) is 38.3 Å². The summed E-state index contributed by atoms with van der Waals surface area (Å²) < 4.78 is 5.67. The quantitative estimate of drug-likeness (QED) is 0.758. The number of ether oxygens (including phenoxy) is 1. The molecule has 1 aliphatic rings. The molecule has 3 rings (SSSR count). The van der Waals surface area contributed by atoms with Crippen molar-refractivity contribution < 1.29 is 9.53 Å². The van der Waals surface area contributed by atoms with Gasteiger partial charge in [0.15, 0.2) is 0 Å². The molecular formula is C21H24ClNO2. The largest absolute Gasteiger partial charge is 0.492 e. The van der Waals surface area contributed by atoms with Gasteiger partial charge in [-0.15, -0.1) is 0 Å². The van der Waals surface area contributed by atoms with Gasteiger partial charge in [-0.3, -0.25) is 4.79 Å². The molecule has 0 saturated heterocycles. The fourth-order valence-electron chi connectivity index (χ4n) is 3.59. The van der Waals surface area contributed by atoms with E-state index in [9.17, 15) is 4.79 Å². The zero-order valence-corrected chi connectivity index (χ0v) is 15.1. The average Bonchev–Trinajstić information content (AvgIpc) is 2.67. The molecule has 1 fully saturated rings. The van der Waals surface area contributed by atoms with E-state index >= 15 is 0 Å². The highest BCUT2D eigenvalue weighted by Crippen LogP contribution is 2.40. The Labute approximate surface area is 154 Å². The second-order valence-electron chi connectivity index (χ2n) is 6.57. The summed E-state index contributed by atoms with van der Waals surface area (Å²) in [6, 6.07) is 17.4. The summed E-state index contributed by atoms with van der Waals surface area (Å²) in [5, 5.41) is 3.78. The third kappa shape index (κ3) is 4.35. The minimum atomic E-state index is -0.435. The molecule has 0 atom stereocenters. The standard InChI is InChI=1S/C21H24ClNO2/c22-18-11-9-17(10-12-18)21(13-5-2-6-14-21)20(24)23-15-16-25-19-7-3-1-4-8-19/h1,3-4,7-12H,2,5-6,13-16H2,(H,23,24). The first kappa shape index (κ1) is 17.8. The van der Waals surface area contributed by atoms with Crippen LogP contribution < -0.4 is 10.1 Å². The summed E-state index contributed by atoms with van der Waals surface area (Å²) in [7, 11) is 0. The summed E-state index contributed by atoms with van der Waals surface area (Å²) in [5.41, 5.74) is 0.633. The van der Waals surface area contributed by atoms with Crippen molar-refractivity contribution in [3.05, 3.63) is 65.2 Å². The smallest absolute Gasteiger partial charge is 0.230 e. The van der Waals surface area contributed by atoms with E-state index in [0.29, 0.717) is 18.2 Å². The monoisotopic (exact) mass is 357 g/mol. The number of rotatable bonds is 6. The average molecular weight is 358 g/mol. The van der Waals surface area contributed by atoms with Gasteiger partial charge in [0, 0.05) is 5.02 Å². The summed E-state index contributed by atoms with van der Waals surface area (Å²) in [6.45, 7) is 0.968. The van der Waals surface area contributed by atoms with Crippen LogP contribution in [0.25, 0.3) is 0 Å². The Kier molecular flexibility index (Phi) is 5.98. The first-order valence-corrected chi connectivity index (χ1v) is 9.31. The molecule has 1 saturated carbocycles. The van der Waals surface area contributed by atoms with Crippen molar-refractivity contribution in [2.75, 3.05) is 13.2 Å². The Morgan fingerprint density at radius 1 is 1.00 bits per heavy atom. The summed E-state index contributed by atoms with van der Waals surface area (Å²) in [6.07, 6.45) is 5.13. The maximum atomic E-state index is 13.0. The third-order valence-electron chi connectivity index (χ3n) is 4.94. The Morgan fingerprint density at radius 3 is 2.36 bits per heavy atom. The van der Waals surface area contributed by atoms with E-state index in [1.807, 2.05) is 54.6 Å². The van der Waals surface area contributed by atoms with Crippen molar-refractivity contribution in [2.45, 2.75) is 37.5 Å². The van der Waals surface area contributed by atoms with Gasteiger partial charge in [0.2, 0.25) is 5.91 Å². The van der Waals surface area contributed by atoms with E-state index in [4.69, 9.17) is 16.3 Å². The van der Waals surface area contributed by atoms with Crippen LogP contribution in [0.15, 0.2) is 54.6 Å². The third-order valence-corrected chi connectivity index (χ3v) is 5.19. The molecule has 2 aromatic rings. The van der Waals surface area contributed by atoms with Gasteiger partial charge in [-0.2, -0.15) is 0 Å². The number of benzene rings is 2. The number of hydrogen-bond acceptors (Lipinski definition) is 2. The number of halogens is 1. The van der Waals surface area contributed by atoms with Crippen LogP contribution in [0, 0.1) is 0 Å². The Bertz CT molecular complexity index is 679. The highest BCUT2D eigenvalue weighted by Gasteiger charge is 2.40. The molecule has 0 radical (unpaired) electrons. The lowest BCUT2D eigenvalue weighted by molar-refractivity contribution is -0.128. The normalized spacial score (nSPS) is 16.2. The van der Waals surface area contributed by atoms with Crippen LogP contribution >= 0.6 is 11.6 Å².